The van der Waals surface area contributed by atoms with Gasteiger partial charge in [0.1, 0.15) is 6.04 Å². The Balaban J connectivity index is 2.38. The van der Waals surface area contributed by atoms with Crippen molar-refractivity contribution in [3.63, 3.8) is 0 Å². The molecule has 21 heavy (non-hydrogen) atoms. The highest BCUT2D eigenvalue weighted by molar-refractivity contribution is 9.10. The number of hydrogen-bond acceptors (Lipinski definition) is 2. The number of likely N-dealkylation sites (tertiary alicyclic amines) is 1. The smallest absolute Gasteiger partial charge is 0.326 e. The van der Waals surface area contributed by atoms with Crippen molar-refractivity contribution in [1.82, 2.24) is 4.90 Å². The lowest BCUT2D eigenvalue weighted by Gasteiger charge is -2.44. The van der Waals surface area contributed by atoms with Crippen molar-refractivity contribution >= 4 is 27.8 Å². The molecule has 0 saturated carbocycles. The van der Waals surface area contributed by atoms with Crippen molar-refractivity contribution in [2.75, 3.05) is 6.54 Å². The van der Waals surface area contributed by atoms with Gasteiger partial charge in [0.2, 0.25) is 0 Å². The summed E-state index contributed by atoms with van der Waals surface area (Å²) in [5.74, 6) is -1.15. The van der Waals surface area contributed by atoms with E-state index in [0.717, 1.165) is 18.4 Å². The van der Waals surface area contributed by atoms with Gasteiger partial charge in [-0.1, -0.05) is 19.9 Å². The van der Waals surface area contributed by atoms with Crippen LogP contribution in [0.15, 0.2) is 22.7 Å². The van der Waals surface area contributed by atoms with Crippen LogP contribution in [0, 0.1) is 12.3 Å². The van der Waals surface area contributed by atoms with Crippen molar-refractivity contribution in [3.8, 4) is 0 Å². The van der Waals surface area contributed by atoms with E-state index in [2.05, 4.69) is 15.9 Å². The van der Waals surface area contributed by atoms with Gasteiger partial charge in [-0.15, -0.1) is 0 Å². The molecule has 1 aromatic rings. The number of benzene rings is 1. The molecule has 1 N–H and O–H groups in total. The summed E-state index contributed by atoms with van der Waals surface area (Å²) in [6, 6.07) is 4.70. The van der Waals surface area contributed by atoms with Gasteiger partial charge in [0.05, 0.1) is 5.56 Å². The molecule has 1 aliphatic rings. The number of carboxylic acids is 1. The zero-order valence-corrected chi connectivity index (χ0v) is 14.1. The average molecular weight is 354 g/mol. The maximum absolute atomic E-state index is 12.8. The maximum Gasteiger partial charge on any atom is 0.326 e. The van der Waals surface area contributed by atoms with E-state index in [1.807, 2.05) is 32.9 Å². The van der Waals surface area contributed by atoms with Crippen LogP contribution in [-0.2, 0) is 4.79 Å². The fourth-order valence-electron chi connectivity index (χ4n) is 3.03. The van der Waals surface area contributed by atoms with E-state index in [1.165, 1.54) is 4.90 Å². The van der Waals surface area contributed by atoms with Gasteiger partial charge in [-0.3, -0.25) is 4.79 Å². The van der Waals surface area contributed by atoms with Crippen LogP contribution < -0.4 is 0 Å². The number of nitrogens with zero attached hydrogens (tertiary/aromatic N) is 1. The SMILES string of the molecule is Cc1ccc(C(=O)N2CCCC(C)(C)C2C(=O)O)c(Br)c1. The van der Waals surface area contributed by atoms with E-state index in [9.17, 15) is 14.7 Å². The molecule has 1 amide bonds. The first-order chi connectivity index (χ1) is 9.74. The molecule has 0 aromatic heterocycles. The number of carbonyl (C=O) groups is 2. The normalized spacial score (nSPS) is 21.1. The van der Waals surface area contributed by atoms with Gasteiger partial charge in [-0.2, -0.15) is 0 Å². The maximum atomic E-state index is 12.8. The highest BCUT2D eigenvalue weighted by Crippen LogP contribution is 2.36. The van der Waals surface area contributed by atoms with Gasteiger partial charge in [-0.25, -0.2) is 4.79 Å². The van der Waals surface area contributed by atoms with Crippen molar-refractivity contribution in [2.45, 2.75) is 39.7 Å². The first-order valence-corrected chi connectivity index (χ1v) is 7.83. The van der Waals surface area contributed by atoms with Gasteiger partial charge in [-0.05, 0) is 58.8 Å². The molecular formula is C16H20BrNO3. The highest BCUT2D eigenvalue weighted by atomic mass is 79.9. The van der Waals surface area contributed by atoms with E-state index >= 15 is 0 Å². The van der Waals surface area contributed by atoms with Crippen LogP contribution >= 0.6 is 15.9 Å². The summed E-state index contributed by atoms with van der Waals surface area (Å²) in [5, 5.41) is 9.55. The molecule has 5 heteroatoms. The predicted molar refractivity (Wildman–Crippen MR) is 84.4 cm³/mol. The second-order valence-electron chi connectivity index (χ2n) is 6.31. The van der Waals surface area contributed by atoms with Crippen LogP contribution in [0.3, 0.4) is 0 Å². The molecule has 2 rings (SSSR count). The van der Waals surface area contributed by atoms with Crippen molar-refractivity contribution in [1.29, 1.82) is 0 Å². The second kappa shape index (κ2) is 5.79. The minimum atomic E-state index is -0.934. The number of rotatable bonds is 2. The topological polar surface area (TPSA) is 57.6 Å². The van der Waals surface area contributed by atoms with Crippen LogP contribution in [0.2, 0.25) is 0 Å². The standard InChI is InChI=1S/C16H20BrNO3/c1-10-5-6-11(12(17)9-10)14(19)18-8-4-7-16(2,3)13(18)15(20)21/h5-6,9,13H,4,7-8H2,1-3H3,(H,20,21). The number of piperidine rings is 1. The van der Waals surface area contributed by atoms with E-state index in [4.69, 9.17) is 0 Å². The van der Waals surface area contributed by atoms with Crippen LogP contribution in [0.5, 0.6) is 0 Å². The lowest BCUT2D eigenvalue weighted by Crippen LogP contribution is -2.56. The summed E-state index contributed by atoms with van der Waals surface area (Å²) in [6.07, 6.45) is 1.63. The Labute approximate surface area is 133 Å². The monoisotopic (exact) mass is 353 g/mol. The molecule has 1 fully saturated rings. The van der Waals surface area contributed by atoms with Crippen LogP contribution in [-0.4, -0.2) is 34.5 Å². The zero-order chi connectivity index (χ0) is 15.8. The van der Waals surface area contributed by atoms with Crippen molar-refractivity contribution in [2.24, 2.45) is 5.41 Å². The van der Waals surface area contributed by atoms with Crippen LogP contribution in [0.1, 0.15) is 42.6 Å². The highest BCUT2D eigenvalue weighted by Gasteiger charge is 2.44. The minimum absolute atomic E-state index is 0.220. The quantitative estimate of drug-likeness (QED) is 0.885. The van der Waals surface area contributed by atoms with Crippen molar-refractivity contribution < 1.29 is 14.7 Å². The third kappa shape index (κ3) is 3.12. The molecule has 1 unspecified atom stereocenters. The molecule has 0 spiro atoms. The number of aliphatic carboxylic acids is 1. The minimum Gasteiger partial charge on any atom is -0.480 e. The third-order valence-corrected chi connectivity index (χ3v) is 4.78. The molecule has 0 bridgehead atoms. The predicted octanol–water partition coefficient (Wildman–Crippen LogP) is 3.47. The fourth-order valence-corrected chi connectivity index (χ4v) is 3.69. The average Bonchev–Trinajstić information content (AvgIpc) is 2.36. The summed E-state index contributed by atoms with van der Waals surface area (Å²) < 4.78 is 0.708. The summed E-state index contributed by atoms with van der Waals surface area (Å²) in [6.45, 7) is 6.26. The Hall–Kier alpha value is -1.36. The lowest BCUT2D eigenvalue weighted by molar-refractivity contribution is -0.148. The summed E-state index contributed by atoms with van der Waals surface area (Å²) in [7, 11) is 0. The first kappa shape index (κ1) is 16.0. The number of halogens is 1. The molecule has 1 aromatic carbocycles. The molecule has 1 atom stereocenters. The van der Waals surface area contributed by atoms with Gasteiger partial charge < -0.3 is 10.0 Å². The summed E-state index contributed by atoms with van der Waals surface area (Å²) in [5.41, 5.74) is 1.15. The fraction of sp³-hybridized carbons (Fsp3) is 0.500. The van der Waals surface area contributed by atoms with E-state index in [0.29, 0.717) is 16.6 Å². The third-order valence-electron chi connectivity index (χ3n) is 4.12. The number of carboxylic acid groups (broad SMARTS) is 1. The molecule has 1 saturated heterocycles. The van der Waals surface area contributed by atoms with Crippen LogP contribution in [0.4, 0.5) is 0 Å². The Bertz CT molecular complexity index is 583. The Morgan fingerprint density at radius 3 is 2.62 bits per heavy atom. The van der Waals surface area contributed by atoms with E-state index < -0.39 is 17.4 Å². The molecular weight excluding hydrogens is 334 g/mol. The Kier molecular flexibility index (Phi) is 4.42. The lowest BCUT2D eigenvalue weighted by atomic mass is 9.76. The largest absolute Gasteiger partial charge is 0.480 e. The summed E-state index contributed by atoms with van der Waals surface area (Å²) >= 11 is 3.40. The van der Waals surface area contributed by atoms with E-state index in [-0.39, 0.29) is 5.91 Å². The molecule has 4 nitrogen and oxygen atoms in total. The van der Waals surface area contributed by atoms with Crippen LogP contribution in [0.25, 0.3) is 0 Å². The van der Waals surface area contributed by atoms with Gasteiger partial charge in [0, 0.05) is 11.0 Å². The van der Waals surface area contributed by atoms with Gasteiger partial charge in [0.15, 0.2) is 0 Å². The number of hydrogen-bond donors (Lipinski definition) is 1. The first-order valence-electron chi connectivity index (χ1n) is 7.04. The molecule has 0 aliphatic carbocycles. The molecule has 1 aliphatic heterocycles. The molecule has 114 valence electrons. The zero-order valence-electron chi connectivity index (χ0n) is 12.5. The second-order valence-corrected chi connectivity index (χ2v) is 7.17. The Morgan fingerprint density at radius 2 is 2.05 bits per heavy atom. The molecule has 0 radical (unpaired) electrons. The van der Waals surface area contributed by atoms with Gasteiger partial charge in [0.25, 0.3) is 5.91 Å². The number of aryl methyl sites for hydroxylation is 1. The summed E-state index contributed by atoms with van der Waals surface area (Å²) in [4.78, 5) is 25.9. The Morgan fingerprint density at radius 1 is 1.38 bits per heavy atom. The number of carbonyl (C=O) groups excluding carboxylic acids is 1. The van der Waals surface area contributed by atoms with E-state index in [1.54, 1.807) is 6.07 Å². The van der Waals surface area contributed by atoms with Crippen molar-refractivity contribution in [3.05, 3.63) is 33.8 Å². The molecule has 1 heterocycles. The van der Waals surface area contributed by atoms with Gasteiger partial charge >= 0.3 is 5.97 Å². The number of amides is 1.